The third-order valence-corrected chi connectivity index (χ3v) is 4.00. The number of Topliss-reactive ketones (excluding diaryl/α,β-unsaturated/α-hetero) is 1. The zero-order chi connectivity index (χ0) is 13.9. The Morgan fingerprint density at radius 3 is 3.00 bits per heavy atom. The highest BCUT2D eigenvalue weighted by molar-refractivity contribution is 9.10. The maximum Gasteiger partial charge on any atom is 0.227 e. The summed E-state index contributed by atoms with van der Waals surface area (Å²) < 4.78 is 6.14. The number of halogens is 1. The Morgan fingerprint density at radius 1 is 1.35 bits per heavy atom. The summed E-state index contributed by atoms with van der Waals surface area (Å²) in [4.78, 5) is 20.4. The second kappa shape index (κ2) is 5.83. The number of ketones is 1. The van der Waals surface area contributed by atoms with Gasteiger partial charge in [-0.15, -0.1) is 0 Å². The molecule has 1 fully saturated rings. The summed E-state index contributed by atoms with van der Waals surface area (Å²) in [5, 5.41) is 3.93. The molecule has 0 radical (unpaired) electrons. The predicted octanol–water partition coefficient (Wildman–Crippen LogP) is 3.20. The van der Waals surface area contributed by atoms with E-state index >= 15 is 0 Å². The molecule has 0 aromatic carbocycles. The number of aromatic nitrogens is 3. The first kappa shape index (κ1) is 13.4. The van der Waals surface area contributed by atoms with E-state index in [9.17, 15) is 4.79 Å². The first-order valence-electron chi connectivity index (χ1n) is 6.69. The molecule has 0 spiro atoms. The molecule has 1 saturated carbocycles. The molecule has 1 aliphatic carbocycles. The van der Waals surface area contributed by atoms with E-state index < -0.39 is 0 Å². The molecule has 5 nitrogen and oxygen atoms in total. The maximum atomic E-state index is 11.8. The van der Waals surface area contributed by atoms with Gasteiger partial charge in [0.25, 0.3) is 0 Å². The van der Waals surface area contributed by atoms with E-state index in [1.54, 1.807) is 6.20 Å². The topological polar surface area (TPSA) is 68.9 Å². The molecule has 0 aliphatic heterocycles. The van der Waals surface area contributed by atoms with Gasteiger partial charge in [0.05, 0.1) is 0 Å². The maximum absolute atomic E-state index is 11.8. The van der Waals surface area contributed by atoms with Crippen molar-refractivity contribution in [1.29, 1.82) is 0 Å². The van der Waals surface area contributed by atoms with Gasteiger partial charge < -0.3 is 4.52 Å². The molecular formula is C14H14BrN3O2. The average Bonchev–Trinajstić information content (AvgIpc) is 2.91. The van der Waals surface area contributed by atoms with E-state index in [1.165, 1.54) is 0 Å². The molecule has 0 bridgehead atoms. The van der Waals surface area contributed by atoms with Crippen molar-refractivity contribution in [2.24, 2.45) is 5.92 Å². The largest absolute Gasteiger partial charge is 0.339 e. The number of carbonyl (C=O) groups is 1. The van der Waals surface area contributed by atoms with Gasteiger partial charge in [0.2, 0.25) is 11.7 Å². The van der Waals surface area contributed by atoms with Gasteiger partial charge in [0.15, 0.2) is 0 Å². The summed E-state index contributed by atoms with van der Waals surface area (Å²) in [6, 6.07) is 3.70. The monoisotopic (exact) mass is 335 g/mol. The van der Waals surface area contributed by atoms with Crippen LogP contribution < -0.4 is 0 Å². The minimum absolute atomic E-state index is 0.0370. The smallest absolute Gasteiger partial charge is 0.227 e. The van der Waals surface area contributed by atoms with Gasteiger partial charge in [-0.2, -0.15) is 4.98 Å². The van der Waals surface area contributed by atoms with Crippen molar-refractivity contribution in [3.8, 4) is 11.5 Å². The van der Waals surface area contributed by atoms with Crippen LogP contribution in [0.1, 0.15) is 31.6 Å². The highest BCUT2D eigenvalue weighted by atomic mass is 79.9. The van der Waals surface area contributed by atoms with Crippen molar-refractivity contribution < 1.29 is 9.32 Å². The summed E-state index contributed by atoms with van der Waals surface area (Å²) in [5.74, 6) is 1.34. The third kappa shape index (κ3) is 2.95. The first-order chi connectivity index (χ1) is 9.72. The van der Waals surface area contributed by atoms with Crippen LogP contribution in [0.25, 0.3) is 11.5 Å². The summed E-state index contributed by atoms with van der Waals surface area (Å²) in [6.45, 7) is 0. The second-order valence-corrected chi connectivity index (χ2v) is 5.90. The fraction of sp³-hybridized carbons (Fsp3) is 0.429. The zero-order valence-electron chi connectivity index (χ0n) is 10.9. The highest BCUT2D eigenvalue weighted by Crippen LogP contribution is 2.24. The Labute approximate surface area is 124 Å². The van der Waals surface area contributed by atoms with E-state index in [4.69, 9.17) is 4.52 Å². The number of nitrogens with zero attached hydrogens (tertiary/aromatic N) is 3. The Balaban J connectivity index is 1.73. The normalized spacial score (nSPS) is 19.2. The van der Waals surface area contributed by atoms with Gasteiger partial charge in [-0.3, -0.25) is 9.78 Å². The number of hydrogen-bond acceptors (Lipinski definition) is 5. The summed E-state index contributed by atoms with van der Waals surface area (Å²) >= 11 is 3.33. The molecule has 104 valence electrons. The van der Waals surface area contributed by atoms with Crippen LogP contribution in [0.3, 0.4) is 0 Å². The van der Waals surface area contributed by atoms with Crippen LogP contribution >= 0.6 is 15.9 Å². The lowest BCUT2D eigenvalue weighted by molar-refractivity contribution is -0.124. The van der Waals surface area contributed by atoms with Gasteiger partial charge in [0.1, 0.15) is 11.5 Å². The van der Waals surface area contributed by atoms with Crippen LogP contribution in [0, 0.1) is 5.92 Å². The van der Waals surface area contributed by atoms with Gasteiger partial charge in [-0.1, -0.05) is 11.6 Å². The lowest BCUT2D eigenvalue weighted by Gasteiger charge is -2.18. The molecule has 20 heavy (non-hydrogen) atoms. The van der Waals surface area contributed by atoms with Crippen molar-refractivity contribution in [1.82, 2.24) is 15.1 Å². The van der Waals surface area contributed by atoms with Gasteiger partial charge in [0, 0.05) is 29.4 Å². The van der Waals surface area contributed by atoms with E-state index in [1.807, 2.05) is 12.1 Å². The van der Waals surface area contributed by atoms with E-state index in [0.29, 0.717) is 36.0 Å². The predicted molar refractivity (Wildman–Crippen MR) is 75.9 cm³/mol. The van der Waals surface area contributed by atoms with Crippen molar-refractivity contribution in [3.63, 3.8) is 0 Å². The van der Waals surface area contributed by atoms with Crippen molar-refractivity contribution in [2.45, 2.75) is 32.1 Å². The number of pyridine rings is 1. The molecule has 0 amide bonds. The molecule has 1 atom stereocenters. The molecular weight excluding hydrogens is 322 g/mol. The van der Waals surface area contributed by atoms with Crippen LogP contribution in [-0.2, 0) is 11.2 Å². The van der Waals surface area contributed by atoms with Crippen LogP contribution in [0.4, 0.5) is 0 Å². The number of hydrogen-bond donors (Lipinski definition) is 0. The third-order valence-electron chi connectivity index (χ3n) is 3.53. The summed E-state index contributed by atoms with van der Waals surface area (Å²) in [5.41, 5.74) is 0.665. The van der Waals surface area contributed by atoms with Crippen molar-refractivity contribution in [2.75, 3.05) is 0 Å². The Morgan fingerprint density at radius 2 is 2.25 bits per heavy atom. The molecule has 1 aliphatic rings. The minimum atomic E-state index is 0.0370. The lowest BCUT2D eigenvalue weighted by Crippen LogP contribution is -2.21. The van der Waals surface area contributed by atoms with Crippen molar-refractivity contribution >= 4 is 21.7 Å². The molecule has 2 heterocycles. The average molecular weight is 336 g/mol. The SMILES string of the molecule is O=C1CCCCC1Cc1nc(-c2ccc(Br)cn2)no1. The molecule has 1 unspecified atom stereocenters. The minimum Gasteiger partial charge on any atom is -0.339 e. The molecule has 2 aromatic rings. The van der Waals surface area contributed by atoms with Crippen molar-refractivity contribution in [3.05, 3.63) is 28.7 Å². The van der Waals surface area contributed by atoms with E-state index in [-0.39, 0.29) is 5.92 Å². The highest BCUT2D eigenvalue weighted by Gasteiger charge is 2.24. The van der Waals surface area contributed by atoms with Crippen LogP contribution in [-0.4, -0.2) is 20.9 Å². The number of carbonyl (C=O) groups excluding carboxylic acids is 1. The Bertz CT molecular complexity index is 609. The number of rotatable bonds is 3. The van der Waals surface area contributed by atoms with Crippen LogP contribution in [0.5, 0.6) is 0 Å². The van der Waals surface area contributed by atoms with Gasteiger partial charge in [-0.05, 0) is 40.9 Å². The first-order valence-corrected chi connectivity index (χ1v) is 7.49. The molecule has 2 aromatic heterocycles. The zero-order valence-corrected chi connectivity index (χ0v) is 12.5. The quantitative estimate of drug-likeness (QED) is 0.861. The van der Waals surface area contributed by atoms with E-state index in [2.05, 4.69) is 31.1 Å². The summed E-state index contributed by atoms with van der Waals surface area (Å²) in [7, 11) is 0. The molecule has 0 N–H and O–H groups in total. The molecule has 3 rings (SSSR count). The van der Waals surface area contributed by atoms with Crippen LogP contribution in [0.2, 0.25) is 0 Å². The standard InChI is InChI=1S/C14H14BrN3O2/c15-10-5-6-11(16-8-10)14-17-13(20-18-14)7-9-3-1-2-4-12(9)19/h5-6,8-9H,1-4,7H2. The van der Waals surface area contributed by atoms with Gasteiger partial charge in [-0.25, -0.2) is 0 Å². The fourth-order valence-corrected chi connectivity index (χ4v) is 2.67. The second-order valence-electron chi connectivity index (χ2n) is 4.99. The molecule has 0 saturated heterocycles. The lowest BCUT2D eigenvalue weighted by atomic mass is 9.86. The van der Waals surface area contributed by atoms with E-state index in [0.717, 1.165) is 23.7 Å². The van der Waals surface area contributed by atoms with Crippen LogP contribution in [0.15, 0.2) is 27.3 Å². The van der Waals surface area contributed by atoms with Gasteiger partial charge >= 0.3 is 0 Å². The fourth-order valence-electron chi connectivity index (χ4n) is 2.43. The Hall–Kier alpha value is -1.56. The summed E-state index contributed by atoms with van der Waals surface area (Å²) in [6.07, 6.45) is 5.95. The Kier molecular flexibility index (Phi) is 3.91. The molecule has 6 heteroatoms.